The van der Waals surface area contributed by atoms with E-state index in [9.17, 15) is 9.90 Å². The van der Waals surface area contributed by atoms with Crippen LogP contribution in [0.4, 0.5) is 0 Å². The molecule has 2 aliphatic carbocycles. The number of ketones is 1. The third kappa shape index (κ3) is 0.439. The van der Waals surface area contributed by atoms with Gasteiger partial charge in [0.1, 0.15) is 5.60 Å². The molecule has 1 N–H and O–H groups in total. The van der Waals surface area contributed by atoms with Crippen molar-refractivity contribution in [2.24, 2.45) is 5.41 Å². The van der Waals surface area contributed by atoms with E-state index in [1.165, 1.54) is 0 Å². The van der Waals surface area contributed by atoms with Gasteiger partial charge in [0.2, 0.25) is 0 Å². The zero-order valence-electron chi connectivity index (χ0n) is 6.18. The lowest BCUT2D eigenvalue weighted by Gasteiger charge is -2.47. The normalized spacial score (nSPS) is 52.4. The van der Waals surface area contributed by atoms with Crippen LogP contribution < -0.4 is 0 Å². The van der Waals surface area contributed by atoms with Gasteiger partial charge < -0.3 is 5.11 Å². The van der Waals surface area contributed by atoms with Crippen molar-refractivity contribution in [3.8, 4) is 0 Å². The Balaban J connectivity index is 2.35. The standard InChI is InChI=1S/C8H12O2/c1-7-3-2-4-8(7,10)6(9)5-7/h10H,2-5H2,1H3/t7-,8-/m1/s1. The smallest absolute Gasteiger partial charge is 0.165 e. The van der Waals surface area contributed by atoms with Crippen LogP contribution in [-0.4, -0.2) is 16.5 Å². The molecule has 0 amide bonds. The Labute approximate surface area is 60.2 Å². The predicted octanol–water partition coefficient (Wildman–Crippen LogP) is 0.881. The maximum absolute atomic E-state index is 11.0. The molecule has 2 fully saturated rings. The second-order valence-electron chi connectivity index (χ2n) is 3.87. The molecule has 0 saturated heterocycles. The van der Waals surface area contributed by atoms with Crippen LogP contribution in [0.25, 0.3) is 0 Å². The minimum Gasteiger partial charge on any atom is -0.381 e. The highest BCUT2D eigenvalue weighted by molar-refractivity contribution is 5.95. The van der Waals surface area contributed by atoms with Crippen LogP contribution in [0.3, 0.4) is 0 Å². The van der Waals surface area contributed by atoms with E-state index >= 15 is 0 Å². The Bertz CT molecular complexity index is 199. The van der Waals surface area contributed by atoms with E-state index in [1.54, 1.807) is 0 Å². The average Bonchev–Trinajstić information content (AvgIpc) is 2.07. The van der Waals surface area contributed by atoms with Gasteiger partial charge in [0.25, 0.3) is 0 Å². The molecule has 0 aromatic rings. The van der Waals surface area contributed by atoms with Crippen LogP contribution in [0.2, 0.25) is 0 Å². The number of hydrogen-bond donors (Lipinski definition) is 1. The van der Waals surface area contributed by atoms with Crippen molar-refractivity contribution in [2.75, 3.05) is 0 Å². The fourth-order valence-electron chi connectivity index (χ4n) is 2.35. The molecule has 2 saturated carbocycles. The van der Waals surface area contributed by atoms with Gasteiger partial charge in [-0.1, -0.05) is 6.92 Å². The molecule has 2 aliphatic rings. The second-order valence-corrected chi connectivity index (χ2v) is 3.87. The van der Waals surface area contributed by atoms with Gasteiger partial charge in [0.15, 0.2) is 5.78 Å². The van der Waals surface area contributed by atoms with Crippen LogP contribution in [-0.2, 0) is 4.79 Å². The minimum atomic E-state index is -0.910. The summed E-state index contributed by atoms with van der Waals surface area (Å²) in [6.07, 6.45) is 3.33. The summed E-state index contributed by atoms with van der Waals surface area (Å²) in [6.45, 7) is 2.02. The highest BCUT2D eigenvalue weighted by Crippen LogP contribution is 2.57. The van der Waals surface area contributed by atoms with Gasteiger partial charge in [-0.05, 0) is 19.3 Å². The summed E-state index contributed by atoms with van der Waals surface area (Å²) >= 11 is 0. The molecular formula is C8H12O2. The summed E-state index contributed by atoms with van der Waals surface area (Å²) in [4.78, 5) is 11.0. The maximum atomic E-state index is 11.0. The predicted molar refractivity (Wildman–Crippen MR) is 36.5 cm³/mol. The van der Waals surface area contributed by atoms with Crippen molar-refractivity contribution in [3.63, 3.8) is 0 Å². The van der Waals surface area contributed by atoms with E-state index in [0.29, 0.717) is 12.8 Å². The topological polar surface area (TPSA) is 37.3 Å². The van der Waals surface area contributed by atoms with Crippen molar-refractivity contribution in [2.45, 2.75) is 38.2 Å². The molecule has 10 heavy (non-hydrogen) atoms. The average molecular weight is 140 g/mol. The Morgan fingerprint density at radius 1 is 1.50 bits per heavy atom. The molecule has 0 aromatic carbocycles. The van der Waals surface area contributed by atoms with Gasteiger partial charge >= 0.3 is 0 Å². The van der Waals surface area contributed by atoms with E-state index in [2.05, 4.69) is 0 Å². The molecule has 0 unspecified atom stereocenters. The molecule has 2 nitrogen and oxygen atoms in total. The summed E-state index contributed by atoms with van der Waals surface area (Å²) in [6, 6.07) is 0. The molecule has 0 spiro atoms. The highest BCUT2D eigenvalue weighted by Gasteiger charge is 2.64. The molecule has 0 aromatic heterocycles. The van der Waals surface area contributed by atoms with Crippen molar-refractivity contribution in [1.29, 1.82) is 0 Å². The third-order valence-corrected chi connectivity index (χ3v) is 3.28. The van der Waals surface area contributed by atoms with E-state index in [4.69, 9.17) is 0 Å². The molecule has 2 atom stereocenters. The lowest BCUT2D eigenvalue weighted by molar-refractivity contribution is -0.173. The van der Waals surface area contributed by atoms with Crippen LogP contribution in [0.1, 0.15) is 32.6 Å². The molecule has 56 valence electrons. The second kappa shape index (κ2) is 1.45. The fourth-order valence-corrected chi connectivity index (χ4v) is 2.35. The van der Waals surface area contributed by atoms with Crippen LogP contribution in [0.5, 0.6) is 0 Å². The molecule has 0 bridgehead atoms. The zero-order chi connectivity index (χ0) is 7.41. The van der Waals surface area contributed by atoms with Gasteiger partial charge in [-0.3, -0.25) is 4.79 Å². The van der Waals surface area contributed by atoms with Crippen molar-refractivity contribution in [3.05, 3.63) is 0 Å². The first-order valence-corrected chi connectivity index (χ1v) is 3.84. The van der Waals surface area contributed by atoms with E-state index < -0.39 is 5.60 Å². The van der Waals surface area contributed by atoms with Crippen LogP contribution >= 0.6 is 0 Å². The van der Waals surface area contributed by atoms with Crippen LogP contribution in [0.15, 0.2) is 0 Å². The van der Waals surface area contributed by atoms with E-state index in [-0.39, 0.29) is 11.2 Å². The summed E-state index contributed by atoms with van der Waals surface area (Å²) < 4.78 is 0. The molecule has 0 aliphatic heterocycles. The van der Waals surface area contributed by atoms with Crippen molar-refractivity contribution in [1.82, 2.24) is 0 Å². The van der Waals surface area contributed by atoms with Gasteiger partial charge in [-0.25, -0.2) is 0 Å². The Kier molecular flexibility index (Phi) is 0.919. The van der Waals surface area contributed by atoms with E-state index in [0.717, 1.165) is 12.8 Å². The number of carbonyl (C=O) groups is 1. The van der Waals surface area contributed by atoms with Crippen LogP contribution in [0, 0.1) is 5.41 Å². The Morgan fingerprint density at radius 2 is 2.20 bits per heavy atom. The fraction of sp³-hybridized carbons (Fsp3) is 0.875. The first-order chi connectivity index (χ1) is 4.58. The summed E-state index contributed by atoms with van der Waals surface area (Å²) in [5.74, 6) is 0.0625. The molecule has 2 heteroatoms. The van der Waals surface area contributed by atoms with Gasteiger partial charge in [0.05, 0.1) is 0 Å². The number of Topliss-reactive ketones (excluding diaryl/α,β-unsaturated/α-hetero) is 1. The molecule has 0 radical (unpaired) electrons. The summed E-state index contributed by atoms with van der Waals surface area (Å²) in [5, 5.41) is 9.73. The first-order valence-electron chi connectivity index (χ1n) is 3.84. The first kappa shape index (κ1) is 6.35. The number of rotatable bonds is 0. The van der Waals surface area contributed by atoms with Gasteiger partial charge in [-0.15, -0.1) is 0 Å². The zero-order valence-corrected chi connectivity index (χ0v) is 6.18. The number of fused-ring (bicyclic) bond motifs is 1. The van der Waals surface area contributed by atoms with E-state index in [1.807, 2.05) is 6.92 Å². The summed E-state index contributed by atoms with van der Waals surface area (Å²) in [5.41, 5.74) is -0.961. The molecule has 2 rings (SSSR count). The minimum absolute atomic E-state index is 0.0515. The number of hydrogen-bond acceptors (Lipinski definition) is 2. The third-order valence-electron chi connectivity index (χ3n) is 3.28. The maximum Gasteiger partial charge on any atom is 0.165 e. The molecular weight excluding hydrogens is 128 g/mol. The van der Waals surface area contributed by atoms with Crippen molar-refractivity contribution >= 4 is 5.78 Å². The van der Waals surface area contributed by atoms with Gasteiger partial charge in [0, 0.05) is 11.8 Å². The van der Waals surface area contributed by atoms with Gasteiger partial charge in [-0.2, -0.15) is 0 Å². The quantitative estimate of drug-likeness (QED) is 0.542. The Morgan fingerprint density at radius 3 is 2.60 bits per heavy atom. The highest BCUT2D eigenvalue weighted by atomic mass is 16.3. The summed E-state index contributed by atoms with van der Waals surface area (Å²) in [7, 11) is 0. The molecule has 0 heterocycles. The lowest BCUT2D eigenvalue weighted by atomic mass is 9.59. The largest absolute Gasteiger partial charge is 0.381 e. The lowest BCUT2D eigenvalue weighted by Crippen LogP contribution is -2.60. The Hall–Kier alpha value is -0.370. The SMILES string of the molecule is C[C@]12CCC[C@@]1(O)C(=O)C2. The number of carbonyl (C=O) groups excluding carboxylic acids is 1. The number of aliphatic hydroxyl groups is 1. The monoisotopic (exact) mass is 140 g/mol. The van der Waals surface area contributed by atoms with Crippen molar-refractivity contribution < 1.29 is 9.90 Å².